The molecule has 0 amide bonds. The predicted octanol–water partition coefficient (Wildman–Crippen LogP) is 6.37. The van der Waals surface area contributed by atoms with Crippen LogP contribution < -0.4 is 9.47 Å². The number of furan rings is 1. The van der Waals surface area contributed by atoms with Gasteiger partial charge in [-0.3, -0.25) is 0 Å². The van der Waals surface area contributed by atoms with Crippen LogP contribution in [-0.4, -0.2) is 7.05 Å². The van der Waals surface area contributed by atoms with Gasteiger partial charge in [0.1, 0.15) is 12.6 Å². The summed E-state index contributed by atoms with van der Waals surface area (Å²) in [6.45, 7) is 2.23. The Labute approximate surface area is 176 Å². The maximum Gasteiger partial charge on any atom is 0.224 e. The first kappa shape index (κ1) is 16.9. The van der Waals surface area contributed by atoms with Crippen LogP contribution in [0.4, 0.5) is 11.4 Å². The molecule has 2 aromatic heterocycles. The number of hydrogen-bond acceptors (Lipinski definition) is 2. The van der Waals surface area contributed by atoms with Gasteiger partial charge < -0.3 is 9.32 Å². The third kappa shape index (κ3) is 2.03. The summed E-state index contributed by atoms with van der Waals surface area (Å²) in [5.74, 6) is 2.60. The van der Waals surface area contributed by atoms with E-state index >= 15 is 0 Å². The van der Waals surface area contributed by atoms with Gasteiger partial charge in [-0.1, -0.05) is 12.5 Å². The summed E-state index contributed by atoms with van der Waals surface area (Å²) in [6.07, 6.45) is 9.75. The fraction of sp³-hybridized carbons (Fsp3) is 0.370. The Bertz CT molecular complexity index is 1360. The molecule has 4 aromatic rings. The predicted molar refractivity (Wildman–Crippen MR) is 121 cm³/mol. The molecule has 3 unspecified atom stereocenters. The van der Waals surface area contributed by atoms with Crippen molar-refractivity contribution in [3.63, 3.8) is 0 Å². The van der Waals surface area contributed by atoms with Gasteiger partial charge in [0, 0.05) is 24.6 Å². The van der Waals surface area contributed by atoms with E-state index in [0.29, 0.717) is 0 Å². The molecule has 2 aliphatic carbocycles. The van der Waals surface area contributed by atoms with Gasteiger partial charge in [-0.15, -0.1) is 0 Å². The average molecular weight is 396 g/mol. The highest BCUT2D eigenvalue weighted by Crippen LogP contribution is 2.55. The summed E-state index contributed by atoms with van der Waals surface area (Å²) in [5.41, 5.74) is 9.07. The molecule has 7 rings (SSSR count). The van der Waals surface area contributed by atoms with E-state index in [9.17, 15) is 0 Å². The molecule has 2 aromatic carbocycles. The summed E-state index contributed by atoms with van der Waals surface area (Å²) >= 11 is 0. The second kappa shape index (κ2) is 5.66. The van der Waals surface area contributed by atoms with E-state index in [-0.39, 0.29) is 0 Å². The zero-order chi connectivity index (χ0) is 20.1. The molecule has 3 nitrogen and oxygen atoms in total. The van der Waals surface area contributed by atoms with Crippen molar-refractivity contribution in [2.75, 3.05) is 11.9 Å². The number of aromatic nitrogens is 1. The van der Waals surface area contributed by atoms with Crippen LogP contribution in [0.15, 0.2) is 47.2 Å². The quantitative estimate of drug-likeness (QED) is 0.349. The molecule has 0 radical (unpaired) electrons. The molecule has 3 atom stereocenters. The number of nitrogens with zero attached hydrogens (tertiary/aromatic N) is 2. The lowest BCUT2D eigenvalue weighted by Gasteiger charge is -2.31. The lowest BCUT2D eigenvalue weighted by Crippen LogP contribution is -2.33. The van der Waals surface area contributed by atoms with Crippen molar-refractivity contribution < 1.29 is 8.98 Å². The van der Waals surface area contributed by atoms with E-state index in [4.69, 9.17) is 4.42 Å². The molecule has 3 aliphatic rings. The van der Waals surface area contributed by atoms with Crippen molar-refractivity contribution in [1.29, 1.82) is 0 Å². The average Bonchev–Trinajstić information content (AvgIpc) is 3.49. The molecule has 150 valence electrons. The molecule has 0 spiro atoms. The highest BCUT2D eigenvalue weighted by molar-refractivity contribution is 6.12. The lowest BCUT2D eigenvalue weighted by molar-refractivity contribution is -0.659. The number of benzene rings is 2. The van der Waals surface area contributed by atoms with Gasteiger partial charge in [0.2, 0.25) is 5.69 Å². The smallest absolute Gasteiger partial charge is 0.224 e. The van der Waals surface area contributed by atoms with Crippen molar-refractivity contribution in [2.24, 2.45) is 18.9 Å². The van der Waals surface area contributed by atoms with Gasteiger partial charge in [0.25, 0.3) is 0 Å². The van der Waals surface area contributed by atoms with Gasteiger partial charge in [0.15, 0.2) is 6.20 Å². The molecule has 3 heteroatoms. The van der Waals surface area contributed by atoms with Gasteiger partial charge in [-0.05, 0) is 72.6 Å². The van der Waals surface area contributed by atoms with Gasteiger partial charge in [-0.2, -0.15) is 0 Å². The molecule has 30 heavy (non-hydrogen) atoms. The number of anilines is 2. The Balaban J connectivity index is 1.54. The second-order valence-corrected chi connectivity index (χ2v) is 9.85. The summed E-state index contributed by atoms with van der Waals surface area (Å²) in [4.78, 5) is 2.40. The molecule has 1 aliphatic heterocycles. The molecular formula is C27H27N2O+. The van der Waals surface area contributed by atoms with E-state index in [2.05, 4.69) is 67.0 Å². The van der Waals surface area contributed by atoms with E-state index in [1.807, 2.05) is 6.26 Å². The maximum atomic E-state index is 5.81. The third-order valence-electron chi connectivity index (χ3n) is 8.36. The topological polar surface area (TPSA) is 20.3 Å². The third-order valence-corrected chi connectivity index (χ3v) is 8.36. The SMILES string of the molecule is Cc1c2c(cc3occc13)N(C)c1cc(C3CC4CCC3C4)cc3cc[n+](C)c-2c13. The monoisotopic (exact) mass is 395 g/mol. The summed E-state index contributed by atoms with van der Waals surface area (Å²) in [6, 6.07) is 11.6. The van der Waals surface area contributed by atoms with Crippen LogP contribution in [0, 0.1) is 18.8 Å². The minimum Gasteiger partial charge on any atom is -0.464 e. The van der Waals surface area contributed by atoms with Crippen LogP contribution in [0.1, 0.15) is 42.7 Å². The van der Waals surface area contributed by atoms with Crippen LogP contribution in [-0.2, 0) is 7.05 Å². The molecule has 0 saturated heterocycles. The second-order valence-electron chi connectivity index (χ2n) is 9.85. The highest BCUT2D eigenvalue weighted by atomic mass is 16.3. The number of fused-ring (bicyclic) bond motifs is 5. The highest BCUT2D eigenvalue weighted by Gasteiger charge is 2.41. The molecular weight excluding hydrogens is 368 g/mol. The van der Waals surface area contributed by atoms with Crippen LogP contribution in [0.25, 0.3) is 33.0 Å². The number of rotatable bonds is 1. The molecule has 2 bridgehead atoms. The van der Waals surface area contributed by atoms with Gasteiger partial charge in [0.05, 0.1) is 28.6 Å². The van der Waals surface area contributed by atoms with Crippen LogP contribution in [0.2, 0.25) is 0 Å². The number of hydrogen-bond donors (Lipinski definition) is 0. The largest absolute Gasteiger partial charge is 0.464 e. The van der Waals surface area contributed by atoms with E-state index in [1.54, 1.807) is 5.56 Å². The van der Waals surface area contributed by atoms with Crippen molar-refractivity contribution >= 4 is 33.1 Å². The van der Waals surface area contributed by atoms with Crippen LogP contribution in [0.3, 0.4) is 0 Å². The normalized spacial score (nSPS) is 24.2. The number of pyridine rings is 1. The van der Waals surface area contributed by atoms with Gasteiger partial charge >= 0.3 is 0 Å². The lowest BCUT2D eigenvalue weighted by atomic mass is 9.81. The summed E-state index contributed by atoms with van der Waals surface area (Å²) in [7, 11) is 4.40. The first-order valence-corrected chi connectivity index (χ1v) is 11.3. The van der Waals surface area contributed by atoms with Crippen molar-refractivity contribution in [1.82, 2.24) is 0 Å². The van der Waals surface area contributed by atoms with Crippen LogP contribution >= 0.6 is 0 Å². The maximum absolute atomic E-state index is 5.81. The first-order chi connectivity index (χ1) is 14.6. The Morgan fingerprint density at radius 1 is 1.07 bits per heavy atom. The van der Waals surface area contributed by atoms with Gasteiger partial charge in [-0.25, -0.2) is 4.57 Å². The fourth-order valence-electron chi connectivity index (χ4n) is 6.90. The van der Waals surface area contributed by atoms with Crippen molar-refractivity contribution in [2.45, 2.75) is 38.5 Å². The Morgan fingerprint density at radius 2 is 1.97 bits per heavy atom. The standard InChI is InChI=1S/C27H27N2O/c1-15-20-7-9-30-24(20)14-23-25(15)27-26-18(6-8-28(27)2)12-19(13-22(26)29(23)3)21-11-16-4-5-17(21)10-16/h6-9,12-14,16-17,21H,4-5,10-11H2,1-3H3/q+1. The summed E-state index contributed by atoms with van der Waals surface area (Å²) < 4.78 is 8.11. The molecule has 2 fully saturated rings. The van der Waals surface area contributed by atoms with Crippen molar-refractivity contribution in [3.8, 4) is 11.3 Å². The van der Waals surface area contributed by atoms with E-state index in [1.165, 1.54) is 70.0 Å². The Kier molecular flexibility index (Phi) is 3.19. The zero-order valence-electron chi connectivity index (χ0n) is 17.9. The summed E-state index contributed by atoms with van der Waals surface area (Å²) in [5, 5.41) is 3.97. The molecule has 3 heterocycles. The fourth-order valence-corrected chi connectivity index (χ4v) is 6.90. The Hall–Kier alpha value is -2.81. The first-order valence-electron chi connectivity index (χ1n) is 11.3. The molecule has 0 N–H and O–H groups in total. The van der Waals surface area contributed by atoms with Crippen molar-refractivity contribution in [3.05, 3.63) is 53.9 Å². The number of aryl methyl sites for hydroxylation is 2. The minimum absolute atomic E-state index is 0.742. The van der Waals surface area contributed by atoms with E-state index < -0.39 is 0 Å². The van der Waals surface area contributed by atoms with Crippen LogP contribution in [0.5, 0.6) is 0 Å². The zero-order valence-corrected chi connectivity index (χ0v) is 17.9. The minimum atomic E-state index is 0.742. The Morgan fingerprint density at radius 3 is 2.77 bits per heavy atom. The van der Waals surface area contributed by atoms with E-state index in [0.717, 1.165) is 23.3 Å². The molecule has 2 saturated carbocycles.